The SMILES string of the molecule is CCc1cc2c(NCCCSC)nc(NN)nc2s1. The Balaban J connectivity index is 2.25. The molecule has 4 N–H and O–H groups in total. The Labute approximate surface area is 121 Å². The van der Waals surface area contributed by atoms with Crippen molar-refractivity contribution >= 4 is 45.1 Å². The van der Waals surface area contributed by atoms with Gasteiger partial charge in [-0.25, -0.2) is 10.8 Å². The standard InChI is InChI=1S/C12H19N5S2/c1-3-8-7-9-10(14-5-4-6-18-2)15-12(17-13)16-11(9)19-8/h7H,3-6,13H2,1-2H3,(H2,14,15,16,17). The first kappa shape index (κ1) is 14.4. The van der Waals surface area contributed by atoms with E-state index in [-0.39, 0.29) is 0 Å². The van der Waals surface area contributed by atoms with Gasteiger partial charge in [0, 0.05) is 11.4 Å². The first-order chi connectivity index (χ1) is 9.28. The van der Waals surface area contributed by atoms with Gasteiger partial charge in [-0.2, -0.15) is 16.7 Å². The topological polar surface area (TPSA) is 75.9 Å². The Morgan fingerprint density at radius 3 is 2.95 bits per heavy atom. The number of nitrogens with two attached hydrogens (primary N) is 1. The lowest BCUT2D eigenvalue weighted by atomic mass is 10.3. The molecule has 0 bridgehead atoms. The molecule has 0 aliphatic carbocycles. The Morgan fingerprint density at radius 1 is 1.42 bits per heavy atom. The van der Waals surface area contributed by atoms with Crippen molar-refractivity contribution in [2.45, 2.75) is 19.8 Å². The molecule has 2 aromatic heterocycles. The molecule has 0 saturated heterocycles. The molecule has 0 atom stereocenters. The van der Waals surface area contributed by atoms with Crippen LogP contribution in [0.1, 0.15) is 18.2 Å². The van der Waals surface area contributed by atoms with E-state index in [4.69, 9.17) is 5.84 Å². The molecule has 19 heavy (non-hydrogen) atoms. The molecular weight excluding hydrogens is 278 g/mol. The second kappa shape index (κ2) is 6.93. The largest absolute Gasteiger partial charge is 0.369 e. The number of aromatic nitrogens is 2. The molecule has 0 aliphatic heterocycles. The molecule has 0 radical (unpaired) electrons. The van der Waals surface area contributed by atoms with Gasteiger partial charge >= 0.3 is 0 Å². The van der Waals surface area contributed by atoms with Gasteiger partial charge in [-0.05, 0) is 30.9 Å². The summed E-state index contributed by atoms with van der Waals surface area (Å²) in [7, 11) is 0. The molecule has 5 nitrogen and oxygen atoms in total. The second-order valence-corrected chi connectivity index (χ2v) is 6.20. The first-order valence-corrected chi connectivity index (χ1v) is 8.49. The van der Waals surface area contributed by atoms with Gasteiger partial charge in [0.05, 0.1) is 5.39 Å². The number of hydrogen-bond acceptors (Lipinski definition) is 7. The number of thioether (sulfide) groups is 1. The Bertz CT molecular complexity index is 540. The Kier molecular flexibility index (Phi) is 5.24. The maximum absolute atomic E-state index is 5.42. The van der Waals surface area contributed by atoms with Crippen LogP contribution in [0.2, 0.25) is 0 Å². The van der Waals surface area contributed by atoms with E-state index in [1.54, 1.807) is 11.3 Å². The molecule has 2 heterocycles. The minimum Gasteiger partial charge on any atom is -0.369 e. The maximum Gasteiger partial charge on any atom is 0.240 e. The van der Waals surface area contributed by atoms with Crippen molar-refractivity contribution in [2.24, 2.45) is 5.84 Å². The smallest absolute Gasteiger partial charge is 0.240 e. The predicted octanol–water partition coefficient (Wildman–Crippen LogP) is 2.70. The van der Waals surface area contributed by atoms with Crippen molar-refractivity contribution < 1.29 is 0 Å². The van der Waals surface area contributed by atoms with E-state index in [0.29, 0.717) is 5.95 Å². The molecule has 0 aliphatic rings. The summed E-state index contributed by atoms with van der Waals surface area (Å²) in [6, 6.07) is 2.16. The molecule has 2 rings (SSSR count). The van der Waals surface area contributed by atoms with Gasteiger partial charge in [0.25, 0.3) is 0 Å². The number of hydrazine groups is 1. The fourth-order valence-electron chi connectivity index (χ4n) is 1.77. The third-order valence-corrected chi connectivity index (χ3v) is 4.61. The van der Waals surface area contributed by atoms with Crippen molar-refractivity contribution in [2.75, 3.05) is 29.3 Å². The maximum atomic E-state index is 5.42. The normalized spacial score (nSPS) is 10.9. The van der Waals surface area contributed by atoms with Crippen LogP contribution in [-0.4, -0.2) is 28.5 Å². The van der Waals surface area contributed by atoms with Crippen LogP contribution in [0, 0.1) is 0 Å². The van der Waals surface area contributed by atoms with E-state index in [1.807, 2.05) is 11.8 Å². The van der Waals surface area contributed by atoms with Crippen molar-refractivity contribution in [1.82, 2.24) is 9.97 Å². The zero-order valence-corrected chi connectivity index (χ0v) is 12.8. The number of fused-ring (bicyclic) bond motifs is 1. The molecule has 0 aromatic carbocycles. The highest BCUT2D eigenvalue weighted by Gasteiger charge is 2.10. The van der Waals surface area contributed by atoms with Gasteiger partial charge < -0.3 is 5.32 Å². The average Bonchev–Trinajstić information content (AvgIpc) is 2.86. The summed E-state index contributed by atoms with van der Waals surface area (Å²) < 4.78 is 0. The van der Waals surface area contributed by atoms with Gasteiger partial charge in [0.2, 0.25) is 5.95 Å². The Hall–Kier alpha value is -1.05. The number of hydrogen-bond donors (Lipinski definition) is 3. The average molecular weight is 297 g/mol. The fraction of sp³-hybridized carbons (Fsp3) is 0.500. The highest BCUT2D eigenvalue weighted by atomic mass is 32.2. The van der Waals surface area contributed by atoms with Crippen molar-refractivity contribution in [1.29, 1.82) is 0 Å². The van der Waals surface area contributed by atoms with Crippen LogP contribution in [0.5, 0.6) is 0 Å². The molecule has 0 unspecified atom stereocenters. The number of nitrogens with one attached hydrogen (secondary N) is 2. The van der Waals surface area contributed by atoms with Crippen molar-refractivity contribution in [3.05, 3.63) is 10.9 Å². The summed E-state index contributed by atoms with van der Waals surface area (Å²) in [5.74, 6) is 7.90. The Morgan fingerprint density at radius 2 is 2.26 bits per heavy atom. The van der Waals surface area contributed by atoms with E-state index in [0.717, 1.165) is 41.2 Å². The minimum atomic E-state index is 0.462. The van der Waals surface area contributed by atoms with E-state index in [1.165, 1.54) is 4.88 Å². The van der Waals surface area contributed by atoms with Gasteiger partial charge in [0.1, 0.15) is 10.6 Å². The number of nitrogen functional groups attached to an aromatic ring is 1. The van der Waals surface area contributed by atoms with E-state index >= 15 is 0 Å². The van der Waals surface area contributed by atoms with Crippen LogP contribution in [0.4, 0.5) is 11.8 Å². The number of aryl methyl sites for hydroxylation is 1. The summed E-state index contributed by atoms with van der Waals surface area (Å²) in [6.07, 6.45) is 4.24. The van der Waals surface area contributed by atoms with Crippen LogP contribution in [0.25, 0.3) is 10.2 Å². The van der Waals surface area contributed by atoms with Gasteiger partial charge in [-0.15, -0.1) is 11.3 Å². The first-order valence-electron chi connectivity index (χ1n) is 6.28. The molecular formula is C12H19N5S2. The van der Waals surface area contributed by atoms with E-state index < -0.39 is 0 Å². The third-order valence-electron chi connectivity index (χ3n) is 2.74. The summed E-state index contributed by atoms with van der Waals surface area (Å²) in [5, 5.41) is 4.47. The lowest BCUT2D eigenvalue weighted by molar-refractivity contribution is 0.981. The van der Waals surface area contributed by atoms with Crippen LogP contribution in [0.15, 0.2) is 6.07 Å². The van der Waals surface area contributed by atoms with E-state index in [2.05, 4.69) is 40.0 Å². The molecule has 0 saturated carbocycles. The number of anilines is 2. The molecule has 7 heteroatoms. The van der Waals surface area contributed by atoms with Crippen LogP contribution < -0.4 is 16.6 Å². The second-order valence-electron chi connectivity index (χ2n) is 4.10. The summed E-state index contributed by atoms with van der Waals surface area (Å²) in [4.78, 5) is 11.1. The van der Waals surface area contributed by atoms with Gasteiger partial charge in [-0.1, -0.05) is 6.92 Å². The van der Waals surface area contributed by atoms with E-state index in [9.17, 15) is 0 Å². The van der Waals surface area contributed by atoms with Gasteiger partial charge in [-0.3, -0.25) is 5.43 Å². The highest BCUT2D eigenvalue weighted by molar-refractivity contribution is 7.98. The van der Waals surface area contributed by atoms with Crippen molar-refractivity contribution in [3.63, 3.8) is 0 Å². The van der Waals surface area contributed by atoms with Crippen LogP contribution >= 0.6 is 23.1 Å². The minimum absolute atomic E-state index is 0.462. The fourth-order valence-corrected chi connectivity index (χ4v) is 3.17. The summed E-state index contributed by atoms with van der Waals surface area (Å²) in [6.45, 7) is 3.06. The zero-order valence-electron chi connectivity index (χ0n) is 11.2. The summed E-state index contributed by atoms with van der Waals surface area (Å²) in [5.41, 5.74) is 2.53. The molecule has 0 spiro atoms. The third kappa shape index (κ3) is 3.49. The zero-order chi connectivity index (χ0) is 13.7. The number of nitrogens with zero attached hydrogens (tertiary/aromatic N) is 2. The molecule has 104 valence electrons. The van der Waals surface area contributed by atoms with Crippen LogP contribution in [0.3, 0.4) is 0 Å². The molecule has 0 fully saturated rings. The van der Waals surface area contributed by atoms with Crippen LogP contribution in [-0.2, 0) is 6.42 Å². The number of thiophene rings is 1. The predicted molar refractivity (Wildman–Crippen MR) is 86.1 cm³/mol. The van der Waals surface area contributed by atoms with Gasteiger partial charge in [0.15, 0.2) is 0 Å². The lowest BCUT2D eigenvalue weighted by Gasteiger charge is -2.07. The number of rotatable bonds is 7. The monoisotopic (exact) mass is 297 g/mol. The highest BCUT2D eigenvalue weighted by Crippen LogP contribution is 2.30. The molecule has 2 aromatic rings. The van der Waals surface area contributed by atoms with Crippen molar-refractivity contribution in [3.8, 4) is 0 Å². The lowest BCUT2D eigenvalue weighted by Crippen LogP contribution is -2.12. The molecule has 0 amide bonds. The quantitative estimate of drug-likeness (QED) is 0.414. The summed E-state index contributed by atoms with van der Waals surface area (Å²) >= 11 is 3.55.